The van der Waals surface area contributed by atoms with Crippen molar-refractivity contribution in [2.45, 2.75) is 45.6 Å². The predicted octanol–water partition coefficient (Wildman–Crippen LogP) is 3.12. The summed E-state index contributed by atoms with van der Waals surface area (Å²) in [5.74, 6) is 3.72. The van der Waals surface area contributed by atoms with Crippen LogP contribution in [0.1, 0.15) is 44.9 Å². The molecule has 1 aromatic carbocycles. The van der Waals surface area contributed by atoms with Gasteiger partial charge in [-0.3, -0.25) is 9.59 Å². The van der Waals surface area contributed by atoms with E-state index in [0.29, 0.717) is 53.7 Å². The third-order valence-electron chi connectivity index (χ3n) is 6.66. The van der Waals surface area contributed by atoms with Gasteiger partial charge in [-0.05, 0) is 50.0 Å². The summed E-state index contributed by atoms with van der Waals surface area (Å²) in [5, 5.41) is 0.433. The second kappa shape index (κ2) is 8.05. The van der Waals surface area contributed by atoms with Crippen LogP contribution in [-0.2, 0) is 11.3 Å². The molecule has 0 unspecified atom stereocenters. The number of benzene rings is 1. The molecule has 29 heavy (non-hydrogen) atoms. The van der Waals surface area contributed by atoms with Gasteiger partial charge >= 0.3 is 0 Å². The third kappa shape index (κ3) is 3.82. The zero-order valence-electron chi connectivity index (χ0n) is 17.4. The molecular weight excluding hydrogens is 370 g/mol. The molecule has 2 bridgehead atoms. The lowest BCUT2D eigenvalue weighted by Crippen LogP contribution is -2.33. The van der Waals surface area contributed by atoms with Crippen molar-refractivity contribution in [3.05, 3.63) is 28.3 Å². The van der Waals surface area contributed by atoms with Crippen LogP contribution in [0, 0.1) is 17.8 Å². The molecule has 0 saturated heterocycles. The van der Waals surface area contributed by atoms with Gasteiger partial charge in [0, 0.05) is 19.0 Å². The van der Waals surface area contributed by atoms with Gasteiger partial charge in [0.1, 0.15) is 5.82 Å². The number of fused-ring (bicyclic) bond motifs is 3. The third-order valence-corrected chi connectivity index (χ3v) is 6.66. The number of carbonyl (C=O) groups is 1. The summed E-state index contributed by atoms with van der Waals surface area (Å²) < 4.78 is 10.6. The summed E-state index contributed by atoms with van der Waals surface area (Å²) >= 11 is 0. The molecule has 7 heteroatoms. The van der Waals surface area contributed by atoms with Crippen LogP contribution in [0.15, 0.2) is 16.9 Å². The van der Waals surface area contributed by atoms with Gasteiger partial charge in [0.25, 0.3) is 5.56 Å². The van der Waals surface area contributed by atoms with E-state index in [1.54, 1.807) is 24.1 Å². The van der Waals surface area contributed by atoms with Crippen molar-refractivity contribution >= 4 is 16.8 Å². The highest BCUT2D eigenvalue weighted by molar-refractivity contribution is 5.82. The standard InChI is InChI=1S/C22H29N3O4/c1-4-25(21(26)9-15-8-13-5-6-14(15)7-13)12-20-23-17-11-19(29-3)18(28-2)10-16(17)22(27)24-20/h10-11,13-15H,4-9,12H2,1-3H3,(H,23,24,27)/t13-,14+,15+/m0/s1. The molecule has 0 radical (unpaired) electrons. The Kier molecular flexibility index (Phi) is 5.48. The molecule has 2 aliphatic carbocycles. The van der Waals surface area contributed by atoms with Gasteiger partial charge in [0.05, 0.1) is 31.7 Å². The number of amides is 1. The van der Waals surface area contributed by atoms with Gasteiger partial charge in [0.2, 0.25) is 5.91 Å². The Morgan fingerprint density at radius 2 is 1.97 bits per heavy atom. The second-order valence-corrected chi connectivity index (χ2v) is 8.28. The molecule has 1 N–H and O–H groups in total. The van der Waals surface area contributed by atoms with Crippen LogP contribution in [0.2, 0.25) is 0 Å². The van der Waals surface area contributed by atoms with Gasteiger partial charge in [-0.15, -0.1) is 0 Å². The number of methoxy groups -OCH3 is 2. The average molecular weight is 399 g/mol. The Hall–Kier alpha value is -2.57. The molecule has 7 nitrogen and oxygen atoms in total. The Labute approximate surface area is 170 Å². The van der Waals surface area contributed by atoms with Crippen molar-refractivity contribution in [2.24, 2.45) is 17.8 Å². The van der Waals surface area contributed by atoms with Crippen molar-refractivity contribution in [1.82, 2.24) is 14.9 Å². The van der Waals surface area contributed by atoms with Crippen molar-refractivity contribution in [3.8, 4) is 11.5 Å². The van der Waals surface area contributed by atoms with E-state index in [4.69, 9.17) is 9.47 Å². The molecule has 1 amide bonds. The smallest absolute Gasteiger partial charge is 0.258 e. The largest absolute Gasteiger partial charge is 0.493 e. The number of H-pyrrole nitrogens is 1. The van der Waals surface area contributed by atoms with Gasteiger partial charge in [-0.2, -0.15) is 0 Å². The molecule has 0 spiro atoms. The van der Waals surface area contributed by atoms with Crippen LogP contribution in [0.3, 0.4) is 0 Å². The minimum Gasteiger partial charge on any atom is -0.493 e. The molecule has 2 saturated carbocycles. The van der Waals surface area contributed by atoms with Crippen molar-refractivity contribution in [2.75, 3.05) is 20.8 Å². The molecule has 0 aliphatic heterocycles. The first kappa shape index (κ1) is 19.7. The highest BCUT2D eigenvalue weighted by Gasteiger charge is 2.40. The molecular formula is C22H29N3O4. The summed E-state index contributed by atoms with van der Waals surface area (Å²) in [5.41, 5.74) is 0.278. The maximum Gasteiger partial charge on any atom is 0.258 e. The number of hydrogen-bond donors (Lipinski definition) is 1. The van der Waals surface area contributed by atoms with Crippen LogP contribution >= 0.6 is 0 Å². The van der Waals surface area contributed by atoms with Gasteiger partial charge in [0.15, 0.2) is 11.5 Å². The van der Waals surface area contributed by atoms with Gasteiger partial charge in [-0.1, -0.05) is 6.42 Å². The number of aromatic nitrogens is 2. The fourth-order valence-electron chi connectivity index (χ4n) is 5.13. The normalized spacial score (nSPS) is 22.8. The minimum absolute atomic E-state index is 0.153. The Morgan fingerprint density at radius 1 is 1.21 bits per heavy atom. The quantitative estimate of drug-likeness (QED) is 0.773. The van der Waals surface area contributed by atoms with Crippen LogP contribution < -0.4 is 15.0 Å². The minimum atomic E-state index is -0.248. The summed E-state index contributed by atoms with van der Waals surface area (Å²) in [4.78, 5) is 34.7. The van der Waals surface area contributed by atoms with E-state index in [2.05, 4.69) is 9.97 Å². The highest BCUT2D eigenvalue weighted by Crippen LogP contribution is 2.49. The van der Waals surface area contributed by atoms with E-state index in [-0.39, 0.29) is 11.5 Å². The monoisotopic (exact) mass is 399 g/mol. The molecule has 2 aromatic rings. The molecule has 1 aromatic heterocycles. The summed E-state index contributed by atoms with van der Waals surface area (Å²) in [7, 11) is 3.07. The van der Waals surface area contributed by atoms with E-state index < -0.39 is 0 Å². The first-order chi connectivity index (χ1) is 14.0. The Morgan fingerprint density at radius 3 is 2.59 bits per heavy atom. The first-order valence-electron chi connectivity index (χ1n) is 10.4. The number of carbonyl (C=O) groups excluding carboxylic acids is 1. The maximum absolute atomic E-state index is 12.9. The van der Waals surface area contributed by atoms with E-state index in [1.165, 1.54) is 32.8 Å². The molecule has 2 aliphatic rings. The lowest BCUT2D eigenvalue weighted by Gasteiger charge is -2.26. The second-order valence-electron chi connectivity index (χ2n) is 8.28. The lowest BCUT2D eigenvalue weighted by atomic mass is 9.86. The summed E-state index contributed by atoms with van der Waals surface area (Å²) in [6, 6.07) is 3.32. The highest BCUT2D eigenvalue weighted by atomic mass is 16.5. The Balaban J connectivity index is 1.53. The van der Waals surface area contributed by atoms with Crippen molar-refractivity contribution in [1.29, 1.82) is 0 Å². The van der Waals surface area contributed by atoms with E-state index in [1.807, 2.05) is 6.92 Å². The molecule has 4 rings (SSSR count). The van der Waals surface area contributed by atoms with Gasteiger partial charge in [-0.25, -0.2) is 4.98 Å². The van der Waals surface area contributed by atoms with E-state index in [9.17, 15) is 9.59 Å². The number of hydrogen-bond acceptors (Lipinski definition) is 5. The predicted molar refractivity (Wildman–Crippen MR) is 110 cm³/mol. The molecule has 1 heterocycles. The summed E-state index contributed by atoms with van der Waals surface area (Å²) in [6.45, 7) is 2.86. The molecule has 3 atom stereocenters. The first-order valence-corrected chi connectivity index (χ1v) is 10.4. The van der Waals surface area contributed by atoms with Crippen LogP contribution in [0.25, 0.3) is 10.9 Å². The topological polar surface area (TPSA) is 84.5 Å². The molecule has 2 fully saturated rings. The van der Waals surface area contributed by atoms with E-state index >= 15 is 0 Å². The molecule has 156 valence electrons. The lowest BCUT2D eigenvalue weighted by molar-refractivity contribution is -0.133. The Bertz CT molecular complexity index is 970. The van der Waals surface area contributed by atoms with Gasteiger partial charge < -0.3 is 19.4 Å². The zero-order valence-corrected chi connectivity index (χ0v) is 17.4. The average Bonchev–Trinajstić information content (AvgIpc) is 3.34. The summed E-state index contributed by atoms with van der Waals surface area (Å²) in [6.07, 6.45) is 5.72. The van der Waals surface area contributed by atoms with Crippen LogP contribution in [0.4, 0.5) is 0 Å². The fraction of sp³-hybridized carbons (Fsp3) is 0.591. The fourth-order valence-corrected chi connectivity index (χ4v) is 5.13. The maximum atomic E-state index is 12.9. The SMILES string of the molecule is CCN(Cc1nc2cc(OC)c(OC)cc2c(=O)[nH]1)C(=O)C[C@H]1C[C@H]2CC[C@@H]1C2. The van der Waals surface area contributed by atoms with Crippen molar-refractivity contribution < 1.29 is 14.3 Å². The number of nitrogens with one attached hydrogen (secondary N) is 1. The number of rotatable bonds is 7. The van der Waals surface area contributed by atoms with Crippen LogP contribution in [0.5, 0.6) is 11.5 Å². The van der Waals surface area contributed by atoms with E-state index in [0.717, 1.165) is 11.8 Å². The number of aromatic amines is 1. The van der Waals surface area contributed by atoms with Crippen molar-refractivity contribution in [3.63, 3.8) is 0 Å². The zero-order chi connectivity index (χ0) is 20.5. The van der Waals surface area contributed by atoms with Crippen LogP contribution in [-0.4, -0.2) is 41.5 Å². The number of ether oxygens (including phenoxy) is 2. The number of nitrogens with zero attached hydrogens (tertiary/aromatic N) is 2.